The van der Waals surface area contributed by atoms with Crippen LogP contribution >= 0.6 is 0 Å². The summed E-state index contributed by atoms with van der Waals surface area (Å²) in [5.74, 6) is 1.08. The van der Waals surface area contributed by atoms with E-state index in [1.807, 2.05) is 6.92 Å². The lowest BCUT2D eigenvalue weighted by molar-refractivity contribution is 0.258. The standard InChI is InChI=1S/C16H26N2O3S/c1-2-12-21-15-5-7-16(8-6-15)22(19,20)18-11-3-4-14(13-18)9-10-17/h5-8,14H,2-4,9-13,17H2,1H3. The summed E-state index contributed by atoms with van der Waals surface area (Å²) in [6.07, 6.45) is 3.78. The largest absolute Gasteiger partial charge is 0.494 e. The van der Waals surface area contributed by atoms with E-state index in [9.17, 15) is 8.42 Å². The van der Waals surface area contributed by atoms with Gasteiger partial charge in [0.15, 0.2) is 0 Å². The molecular weight excluding hydrogens is 300 g/mol. The van der Waals surface area contributed by atoms with E-state index in [0.29, 0.717) is 42.8 Å². The van der Waals surface area contributed by atoms with Crippen LogP contribution in [0.5, 0.6) is 5.75 Å². The molecule has 0 radical (unpaired) electrons. The Morgan fingerprint density at radius 1 is 1.32 bits per heavy atom. The first kappa shape index (κ1) is 17.2. The van der Waals surface area contributed by atoms with Crippen LogP contribution in [0.1, 0.15) is 32.6 Å². The molecule has 1 heterocycles. The highest BCUT2D eigenvalue weighted by molar-refractivity contribution is 7.89. The van der Waals surface area contributed by atoms with Crippen molar-refractivity contribution in [2.75, 3.05) is 26.2 Å². The number of hydrogen-bond acceptors (Lipinski definition) is 4. The second-order valence-corrected chi connectivity index (χ2v) is 7.71. The van der Waals surface area contributed by atoms with Crippen LogP contribution in [0.3, 0.4) is 0 Å². The third-order valence-corrected chi connectivity index (χ3v) is 5.87. The molecule has 1 saturated heterocycles. The lowest BCUT2D eigenvalue weighted by Gasteiger charge is -2.31. The van der Waals surface area contributed by atoms with Crippen LogP contribution in [0, 0.1) is 5.92 Å². The molecule has 0 amide bonds. The molecule has 0 bridgehead atoms. The van der Waals surface area contributed by atoms with Crippen LogP contribution in [-0.2, 0) is 10.0 Å². The molecule has 6 heteroatoms. The second kappa shape index (κ2) is 7.94. The fraction of sp³-hybridized carbons (Fsp3) is 0.625. The van der Waals surface area contributed by atoms with Crippen molar-refractivity contribution >= 4 is 10.0 Å². The molecule has 22 heavy (non-hydrogen) atoms. The lowest BCUT2D eigenvalue weighted by atomic mass is 9.96. The number of benzene rings is 1. The molecule has 1 aromatic rings. The highest BCUT2D eigenvalue weighted by Gasteiger charge is 2.29. The van der Waals surface area contributed by atoms with Crippen molar-refractivity contribution < 1.29 is 13.2 Å². The molecular formula is C16H26N2O3S. The maximum absolute atomic E-state index is 12.7. The minimum Gasteiger partial charge on any atom is -0.494 e. The van der Waals surface area contributed by atoms with Crippen LogP contribution in [0.2, 0.25) is 0 Å². The number of nitrogens with zero attached hydrogens (tertiary/aromatic N) is 1. The van der Waals surface area contributed by atoms with E-state index in [2.05, 4.69) is 0 Å². The summed E-state index contributed by atoms with van der Waals surface area (Å²) >= 11 is 0. The van der Waals surface area contributed by atoms with Gasteiger partial charge in [-0.15, -0.1) is 0 Å². The van der Waals surface area contributed by atoms with Crippen LogP contribution in [0.15, 0.2) is 29.2 Å². The SMILES string of the molecule is CCCOc1ccc(S(=O)(=O)N2CCCC(CCN)C2)cc1. The maximum atomic E-state index is 12.7. The molecule has 1 aliphatic rings. The quantitative estimate of drug-likeness (QED) is 0.834. The molecule has 2 rings (SSSR count). The molecule has 124 valence electrons. The van der Waals surface area contributed by atoms with Gasteiger partial charge in [0.1, 0.15) is 5.75 Å². The van der Waals surface area contributed by atoms with Crippen LogP contribution in [0.4, 0.5) is 0 Å². The minimum atomic E-state index is -3.41. The van der Waals surface area contributed by atoms with E-state index in [0.717, 1.165) is 25.7 Å². The van der Waals surface area contributed by atoms with Gasteiger partial charge >= 0.3 is 0 Å². The smallest absolute Gasteiger partial charge is 0.243 e. The Morgan fingerprint density at radius 3 is 2.68 bits per heavy atom. The van der Waals surface area contributed by atoms with Crippen molar-refractivity contribution in [3.8, 4) is 5.75 Å². The first-order valence-corrected chi connectivity index (χ1v) is 9.45. The average Bonchev–Trinajstić information content (AvgIpc) is 2.54. The van der Waals surface area contributed by atoms with Crippen molar-refractivity contribution in [2.24, 2.45) is 11.7 Å². The molecule has 1 aliphatic heterocycles. The van der Waals surface area contributed by atoms with Gasteiger partial charge in [-0.25, -0.2) is 8.42 Å². The van der Waals surface area contributed by atoms with Gasteiger partial charge in [0.2, 0.25) is 10.0 Å². The Labute approximate surface area is 133 Å². The third-order valence-electron chi connectivity index (χ3n) is 3.99. The zero-order valence-corrected chi connectivity index (χ0v) is 14.0. The number of piperidine rings is 1. The Hall–Kier alpha value is -1.11. The van der Waals surface area contributed by atoms with Crippen LogP contribution in [-0.4, -0.2) is 39.0 Å². The molecule has 1 aromatic carbocycles. The van der Waals surface area contributed by atoms with Gasteiger partial charge in [0.05, 0.1) is 11.5 Å². The zero-order valence-electron chi connectivity index (χ0n) is 13.2. The molecule has 2 N–H and O–H groups in total. The summed E-state index contributed by atoms with van der Waals surface area (Å²) in [7, 11) is -3.41. The summed E-state index contributed by atoms with van der Waals surface area (Å²) in [4.78, 5) is 0.338. The number of sulfonamides is 1. The Bertz CT molecular complexity index is 555. The molecule has 0 spiro atoms. The van der Waals surface area contributed by atoms with Gasteiger partial charge in [-0.05, 0) is 62.4 Å². The summed E-state index contributed by atoms with van der Waals surface area (Å²) in [6.45, 7) is 4.46. The fourth-order valence-electron chi connectivity index (χ4n) is 2.79. The second-order valence-electron chi connectivity index (χ2n) is 5.77. The molecule has 1 atom stereocenters. The highest BCUT2D eigenvalue weighted by atomic mass is 32.2. The molecule has 0 aromatic heterocycles. The van der Waals surface area contributed by atoms with E-state index < -0.39 is 10.0 Å². The van der Waals surface area contributed by atoms with Gasteiger partial charge in [-0.1, -0.05) is 6.92 Å². The van der Waals surface area contributed by atoms with Gasteiger partial charge in [0.25, 0.3) is 0 Å². The van der Waals surface area contributed by atoms with Gasteiger partial charge in [-0.2, -0.15) is 4.31 Å². The van der Waals surface area contributed by atoms with E-state index in [1.165, 1.54) is 0 Å². The minimum absolute atomic E-state index is 0.338. The monoisotopic (exact) mass is 326 g/mol. The normalized spacial score (nSPS) is 20.0. The summed E-state index contributed by atoms with van der Waals surface area (Å²) in [5, 5.41) is 0. The van der Waals surface area contributed by atoms with E-state index >= 15 is 0 Å². The summed E-state index contributed by atoms with van der Waals surface area (Å²) < 4.78 is 32.5. The van der Waals surface area contributed by atoms with Crippen LogP contribution in [0.25, 0.3) is 0 Å². The summed E-state index contributed by atoms with van der Waals surface area (Å²) in [5.41, 5.74) is 5.60. The number of rotatable bonds is 7. The topological polar surface area (TPSA) is 72.6 Å². The van der Waals surface area contributed by atoms with Gasteiger partial charge < -0.3 is 10.5 Å². The van der Waals surface area contributed by atoms with Gasteiger partial charge in [0, 0.05) is 13.1 Å². The van der Waals surface area contributed by atoms with E-state index in [1.54, 1.807) is 28.6 Å². The van der Waals surface area contributed by atoms with Crippen molar-refractivity contribution in [1.29, 1.82) is 0 Å². The van der Waals surface area contributed by atoms with Crippen molar-refractivity contribution in [3.63, 3.8) is 0 Å². The van der Waals surface area contributed by atoms with Crippen LogP contribution < -0.4 is 10.5 Å². The maximum Gasteiger partial charge on any atom is 0.243 e. The lowest BCUT2D eigenvalue weighted by Crippen LogP contribution is -2.40. The van der Waals surface area contributed by atoms with Crippen molar-refractivity contribution in [3.05, 3.63) is 24.3 Å². The van der Waals surface area contributed by atoms with Gasteiger partial charge in [-0.3, -0.25) is 0 Å². The molecule has 0 aliphatic carbocycles. The molecule has 0 saturated carbocycles. The van der Waals surface area contributed by atoms with E-state index in [4.69, 9.17) is 10.5 Å². The first-order chi connectivity index (χ1) is 10.6. The fourth-order valence-corrected chi connectivity index (χ4v) is 4.35. The molecule has 1 unspecified atom stereocenters. The summed E-state index contributed by atoms with van der Waals surface area (Å²) in [6, 6.07) is 6.72. The molecule has 1 fully saturated rings. The third kappa shape index (κ3) is 4.21. The van der Waals surface area contributed by atoms with Crippen molar-refractivity contribution in [1.82, 2.24) is 4.31 Å². The Balaban J connectivity index is 2.08. The number of hydrogen-bond donors (Lipinski definition) is 1. The Kier molecular flexibility index (Phi) is 6.23. The molecule has 5 nitrogen and oxygen atoms in total. The predicted molar refractivity (Wildman–Crippen MR) is 87.4 cm³/mol. The highest BCUT2D eigenvalue weighted by Crippen LogP contribution is 2.26. The first-order valence-electron chi connectivity index (χ1n) is 8.01. The Morgan fingerprint density at radius 2 is 2.05 bits per heavy atom. The van der Waals surface area contributed by atoms with Crippen molar-refractivity contribution in [2.45, 2.75) is 37.5 Å². The number of ether oxygens (including phenoxy) is 1. The number of nitrogens with two attached hydrogens (primary N) is 1. The predicted octanol–water partition coefficient (Wildman–Crippen LogP) is 2.22. The zero-order chi connectivity index (χ0) is 16.0. The average molecular weight is 326 g/mol. The van der Waals surface area contributed by atoms with E-state index in [-0.39, 0.29) is 0 Å².